The van der Waals surface area contributed by atoms with Gasteiger partial charge in [0.05, 0.1) is 6.33 Å². The zero-order valence-corrected chi connectivity index (χ0v) is 6.23. The molecule has 0 radical (unpaired) electrons. The van der Waals surface area contributed by atoms with Gasteiger partial charge in [0.1, 0.15) is 0 Å². The molecule has 0 atom stereocenters. The second kappa shape index (κ2) is 3.88. The Morgan fingerprint density at radius 3 is 3.09 bits per heavy atom. The summed E-state index contributed by atoms with van der Waals surface area (Å²) in [5.41, 5.74) is 5.27. The van der Waals surface area contributed by atoms with E-state index in [9.17, 15) is 4.79 Å². The Balaban J connectivity index is 2.70. The van der Waals surface area contributed by atoms with Gasteiger partial charge in [-0.15, -0.1) is 0 Å². The fraction of sp³-hybridized carbons (Fsp3) is 0.429. The van der Waals surface area contributed by atoms with Gasteiger partial charge in [-0.05, 0) is 13.0 Å². The third-order valence-electron chi connectivity index (χ3n) is 1.40. The second-order valence-corrected chi connectivity index (χ2v) is 2.25. The maximum Gasteiger partial charge on any atom is 0.253 e. The average Bonchev–Trinajstić information content (AvgIpc) is 2.03. The monoisotopic (exact) mass is 153 g/mol. The normalized spacial score (nSPS) is 9.91. The van der Waals surface area contributed by atoms with Crippen molar-refractivity contribution in [2.75, 3.05) is 6.54 Å². The van der Waals surface area contributed by atoms with Gasteiger partial charge in [0.2, 0.25) is 0 Å². The lowest BCUT2D eigenvalue weighted by molar-refractivity contribution is 0.618. The Morgan fingerprint density at radius 1 is 1.64 bits per heavy atom. The summed E-state index contributed by atoms with van der Waals surface area (Å²) in [5, 5.41) is 0. The highest BCUT2D eigenvalue weighted by Crippen LogP contribution is 1.81. The van der Waals surface area contributed by atoms with Crippen LogP contribution in [0.4, 0.5) is 0 Å². The summed E-state index contributed by atoms with van der Waals surface area (Å²) in [5.74, 6) is 0. The van der Waals surface area contributed by atoms with Crippen molar-refractivity contribution in [1.29, 1.82) is 0 Å². The van der Waals surface area contributed by atoms with E-state index in [1.54, 1.807) is 4.57 Å². The number of nitrogens with two attached hydrogens (primary N) is 1. The zero-order chi connectivity index (χ0) is 8.10. The Morgan fingerprint density at radius 2 is 2.45 bits per heavy atom. The summed E-state index contributed by atoms with van der Waals surface area (Å²) < 4.78 is 1.55. The lowest BCUT2D eigenvalue weighted by atomic mass is 10.4. The molecule has 0 spiro atoms. The molecule has 0 unspecified atom stereocenters. The summed E-state index contributed by atoms with van der Waals surface area (Å²) in [4.78, 5) is 14.8. The predicted octanol–water partition coefficient (Wildman–Crippen LogP) is -0.408. The van der Waals surface area contributed by atoms with Crippen molar-refractivity contribution in [1.82, 2.24) is 9.55 Å². The smallest absolute Gasteiger partial charge is 0.253 e. The van der Waals surface area contributed by atoms with Crippen LogP contribution in [-0.2, 0) is 6.54 Å². The fourth-order valence-corrected chi connectivity index (χ4v) is 0.808. The molecule has 2 N–H and O–H groups in total. The van der Waals surface area contributed by atoms with Gasteiger partial charge in [0.15, 0.2) is 0 Å². The predicted molar refractivity (Wildman–Crippen MR) is 42.2 cm³/mol. The summed E-state index contributed by atoms with van der Waals surface area (Å²) in [7, 11) is 0. The molecule has 0 aliphatic carbocycles. The Hall–Kier alpha value is -1.16. The van der Waals surface area contributed by atoms with Crippen molar-refractivity contribution in [2.24, 2.45) is 5.73 Å². The molecule has 0 fully saturated rings. The molecule has 0 aromatic carbocycles. The number of aromatic nitrogens is 2. The van der Waals surface area contributed by atoms with E-state index in [-0.39, 0.29) is 5.56 Å². The third kappa shape index (κ3) is 2.16. The summed E-state index contributed by atoms with van der Waals surface area (Å²) >= 11 is 0. The summed E-state index contributed by atoms with van der Waals surface area (Å²) in [6.45, 7) is 1.25. The highest BCUT2D eigenvalue weighted by Gasteiger charge is 1.91. The second-order valence-electron chi connectivity index (χ2n) is 2.25. The molecule has 60 valence electrons. The van der Waals surface area contributed by atoms with Crippen LogP contribution >= 0.6 is 0 Å². The molecule has 1 heterocycles. The quantitative estimate of drug-likeness (QED) is 0.642. The first-order valence-electron chi connectivity index (χ1n) is 3.55. The van der Waals surface area contributed by atoms with Gasteiger partial charge in [-0.1, -0.05) is 0 Å². The average molecular weight is 153 g/mol. The molecule has 4 heteroatoms. The number of nitrogens with zero attached hydrogens (tertiary/aromatic N) is 2. The lowest BCUT2D eigenvalue weighted by Crippen LogP contribution is -2.20. The SMILES string of the molecule is NCCCn1cnccc1=O. The Kier molecular flexibility index (Phi) is 2.80. The molecule has 1 aromatic rings. The van der Waals surface area contributed by atoms with Crippen molar-refractivity contribution in [3.8, 4) is 0 Å². The topological polar surface area (TPSA) is 60.9 Å². The molecule has 11 heavy (non-hydrogen) atoms. The minimum Gasteiger partial charge on any atom is -0.330 e. The molecule has 1 rings (SSSR count). The van der Waals surface area contributed by atoms with Crippen LogP contribution in [0.25, 0.3) is 0 Å². The maximum absolute atomic E-state index is 11.0. The molecular weight excluding hydrogens is 142 g/mol. The van der Waals surface area contributed by atoms with E-state index >= 15 is 0 Å². The Labute approximate surface area is 64.7 Å². The van der Waals surface area contributed by atoms with E-state index in [4.69, 9.17) is 5.73 Å². The number of hydrogen-bond acceptors (Lipinski definition) is 3. The highest BCUT2D eigenvalue weighted by molar-refractivity contribution is 4.81. The number of aryl methyl sites for hydroxylation is 1. The van der Waals surface area contributed by atoms with E-state index in [0.717, 1.165) is 6.42 Å². The lowest BCUT2D eigenvalue weighted by Gasteiger charge is -2.00. The Bertz CT molecular complexity index is 268. The first-order chi connectivity index (χ1) is 5.34. The van der Waals surface area contributed by atoms with Crippen LogP contribution in [-0.4, -0.2) is 16.1 Å². The van der Waals surface area contributed by atoms with Gasteiger partial charge < -0.3 is 5.73 Å². The standard InChI is InChI=1S/C7H11N3O/c8-3-1-5-10-6-9-4-2-7(10)11/h2,4,6H,1,3,5,8H2. The van der Waals surface area contributed by atoms with Crippen LogP contribution in [0.2, 0.25) is 0 Å². The van der Waals surface area contributed by atoms with Crippen LogP contribution in [0.1, 0.15) is 6.42 Å². The molecule has 0 aliphatic heterocycles. The van der Waals surface area contributed by atoms with Crippen molar-refractivity contribution in [3.05, 3.63) is 28.9 Å². The van der Waals surface area contributed by atoms with E-state index in [1.165, 1.54) is 18.6 Å². The van der Waals surface area contributed by atoms with E-state index in [0.29, 0.717) is 13.1 Å². The number of hydrogen-bond donors (Lipinski definition) is 1. The van der Waals surface area contributed by atoms with Crippen LogP contribution < -0.4 is 11.3 Å². The minimum absolute atomic E-state index is 0.0200. The van der Waals surface area contributed by atoms with Crippen LogP contribution in [0.5, 0.6) is 0 Å². The van der Waals surface area contributed by atoms with Gasteiger partial charge in [0, 0.05) is 18.8 Å². The van der Waals surface area contributed by atoms with Crippen molar-refractivity contribution >= 4 is 0 Å². The molecule has 1 aromatic heterocycles. The zero-order valence-electron chi connectivity index (χ0n) is 6.23. The van der Waals surface area contributed by atoms with Crippen LogP contribution in [0, 0.1) is 0 Å². The van der Waals surface area contributed by atoms with Crippen molar-refractivity contribution < 1.29 is 0 Å². The van der Waals surface area contributed by atoms with Gasteiger partial charge in [-0.25, -0.2) is 4.98 Å². The minimum atomic E-state index is -0.0200. The number of rotatable bonds is 3. The first kappa shape index (κ1) is 7.94. The van der Waals surface area contributed by atoms with Gasteiger partial charge in [-0.3, -0.25) is 9.36 Å². The molecular formula is C7H11N3O. The molecule has 4 nitrogen and oxygen atoms in total. The first-order valence-corrected chi connectivity index (χ1v) is 3.55. The fourth-order valence-electron chi connectivity index (χ4n) is 0.808. The van der Waals surface area contributed by atoms with E-state index in [1.807, 2.05) is 0 Å². The molecule has 0 bridgehead atoms. The van der Waals surface area contributed by atoms with Crippen LogP contribution in [0.3, 0.4) is 0 Å². The van der Waals surface area contributed by atoms with Gasteiger partial charge in [-0.2, -0.15) is 0 Å². The van der Waals surface area contributed by atoms with Crippen molar-refractivity contribution in [3.63, 3.8) is 0 Å². The highest BCUT2D eigenvalue weighted by atomic mass is 16.1. The molecule has 0 saturated carbocycles. The van der Waals surface area contributed by atoms with E-state index < -0.39 is 0 Å². The maximum atomic E-state index is 11.0. The third-order valence-corrected chi connectivity index (χ3v) is 1.40. The largest absolute Gasteiger partial charge is 0.330 e. The molecule has 0 amide bonds. The van der Waals surface area contributed by atoms with E-state index in [2.05, 4.69) is 4.98 Å². The molecule has 0 saturated heterocycles. The molecule has 0 aliphatic rings. The van der Waals surface area contributed by atoms with Crippen molar-refractivity contribution in [2.45, 2.75) is 13.0 Å². The van der Waals surface area contributed by atoms with Gasteiger partial charge in [0.25, 0.3) is 5.56 Å². The summed E-state index contributed by atoms with van der Waals surface area (Å²) in [6.07, 6.45) is 3.82. The van der Waals surface area contributed by atoms with Crippen LogP contribution in [0.15, 0.2) is 23.4 Å². The summed E-state index contributed by atoms with van der Waals surface area (Å²) in [6, 6.07) is 1.44. The van der Waals surface area contributed by atoms with Gasteiger partial charge >= 0.3 is 0 Å².